The van der Waals surface area contributed by atoms with Crippen LogP contribution in [-0.4, -0.2) is 26.4 Å². The summed E-state index contributed by atoms with van der Waals surface area (Å²) in [5.41, 5.74) is -1.45. The summed E-state index contributed by atoms with van der Waals surface area (Å²) in [7, 11) is 0. The minimum atomic E-state index is -2.16. The van der Waals surface area contributed by atoms with Gasteiger partial charge in [-0.1, -0.05) is 0 Å². The maximum absolute atomic E-state index is 15.6. The van der Waals surface area contributed by atoms with Gasteiger partial charge in [-0.05, 0) is 0 Å². The number of alkyl halides is 1. The van der Waals surface area contributed by atoms with Crippen molar-refractivity contribution >= 4 is 36.5 Å². The minimum absolute atomic E-state index is 0.110. The first kappa shape index (κ1) is 18.6. The van der Waals surface area contributed by atoms with Crippen molar-refractivity contribution in [1.82, 2.24) is 0 Å². The number of hydrogen-bond acceptors (Lipinski definition) is 2. The molecule has 1 heterocycles. The van der Waals surface area contributed by atoms with Crippen LogP contribution in [0.1, 0.15) is 21.7 Å². The molecule has 3 aromatic rings. The molecule has 2 aromatic carbocycles. The third-order valence-corrected chi connectivity index (χ3v) is 6.74. The molecule has 1 aromatic heterocycles. The molecule has 0 N–H and O–H groups in total. The van der Waals surface area contributed by atoms with Gasteiger partial charge in [0.15, 0.2) is 0 Å². The normalized spacial score (nSPS) is 12.7. The van der Waals surface area contributed by atoms with E-state index in [0.29, 0.717) is 15.8 Å². The first-order chi connectivity index (χ1) is 12.7. The Balaban J connectivity index is 1.79. The molecule has 0 bridgehead atoms. The number of thiophene rings is 1. The molecule has 130 valence electrons. The van der Waals surface area contributed by atoms with E-state index in [1.54, 1.807) is 17.5 Å². The van der Waals surface area contributed by atoms with Crippen LogP contribution < -0.4 is 4.46 Å². The van der Waals surface area contributed by atoms with E-state index in [2.05, 4.69) is 11.8 Å². The number of ketones is 1. The molecule has 0 spiro atoms. The van der Waals surface area contributed by atoms with Crippen molar-refractivity contribution in [2.24, 2.45) is 0 Å². The van der Waals surface area contributed by atoms with Gasteiger partial charge in [-0.25, -0.2) is 0 Å². The number of hydrogen-bond donors (Lipinski definition) is 0. The second kappa shape index (κ2) is 8.96. The van der Waals surface area contributed by atoms with E-state index >= 15 is 4.39 Å². The van der Waals surface area contributed by atoms with E-state index in [-0.39, 0.29) is 21.4 Å². The maximum atomic E-state index is 15.6. The Hall–Kier alpha value is -2.18. The van der Waals surface area contributed by atoms with Crippen molar-refractivity contribution in [3.05, 3.63) is 88.6 Å². The van der Waals surface area contributed by atoms with Crippen molar-refractivity contribution in [2.75, 3.05) is 0 Å². The van der Waals surface area contributed by atoms with Gasteiger partial charge in [0, 0.05) is 0 Å². The predicted molar refractivity (Wildman–Crippen MR) is 107 cm³/mol. The molecule has 3 rings (SSSR count). The first-order valence-electron chi connectivity index (χ1n) is 8.21. The third kappa shape index (κ3) is 4.93. The number of benzene rings is 2. The van der Waals surface area contributed by atoms with Crippen molar-refractivity contribution in [2.45, 2.75) is 17.4 Å². The van der Waals surface area contributed by atoms with E-state index in [9.17, 15) is 4.79 Å². The summed E-state index contributed by atoms with van der Waals surface area (Å²) in [5.74, 6) is 4.95. The SMILES string of the molecule is O=C(c1cccs1)C(F)(C#Cc1ccccc1)CC[Se]c1ccccc1. The molecule has 1 unspecified atom stereocenters. The van der Waals surface area contributed by atoms with Gasteiger partial charge < -0.3 is 0 Å². The van der Waals surface area contributed by atoms with Gasteiger partial charge in [0.25, 0.3) is 0 Å². The Labute approximate surface area is 163 Å². The molecule has 1 atom stereocenters. The molecule has 0 radical (unpaired) electrons. The summed E-state index contributed by atoms with van der Waals surface area (Å²) < 4.78 is 16.8. The Morgan fingerprint density at radius 3 is 2.35 bits per heavy atom. The van der Waals surface area contributed by atoms with E-state index < -0.39 is 11.5 Å². The zero-order valence-corrected chi connectivity index (χ0v) is 16.6. The topological polar surface area (TPSA) is 17.1 Å². The molecule has 0 aliphatic heterocycles. The Morgan fingerprint density at radius 2 is 1.69 bits per heavy atom. The van der Waals surface area contributed by atoms with Crippen molar-refractivity contribution < 1.29 is 9.18 Å². The average Bonchev–Trinajstić information content (AvgIpc) is 3.22. The second-order valence-corrected chi connectivity index (χ2v) is 9.03. The summed E-state index contributed by atoms with van der Waals surface area (Å²) in [4.78, 5) is 13.1. The van der Waals surface area contributed by atoms with Crippen LogP contribution >= 0.6 is 11.3 Å². The van der Waals surface area contributed by atoms with Gasteiger partial charge in [-0.2, -0.15) is 0 Å². The molecule has 0 fully saturated rings. The van der Waals surface area contributed by atoms with E-state index in [1.807, 2.05) is 60.7 Å². The van der Waals surface area contributed by atoms with Crippen LogP contribution in [0.2, 0.25) is 5.32 Å². The Bertz CT molecular complexity index is 898. The van der Waals surface area contributed by atoms with Crippen LogP contribution in [0.3, 0.4) is 0 Å². The fourth-order valence-electron chi connectivity index (χ4n) is 2.35. The van der Waals surface area contributed by atoms with Crippen LogP contribution in [0.25, 0.3) is 0 Å². The van der Waals surface area contributed by atoms with Crippen LogP contribution in [-0.2, 0) is 0 Å². The predicted octanol–water partition coefficient (Wildman–Crippen LogP) is 4.53. The van der Waals surface area contributed by atoms with Gasteiger partial charge in [-0.15, -0.1) is 0 Å². The van der Waals surface area contributed by atoms with Crippen molar-refractivity contribution in [3.8, 4) is 11.8 Å². The molecule has 0 aliphatic rings. The average molecular weight is 427 g/mol. The number of halogens is 1. The van der Waals surface area contributed by atoms with Crippen LogP contribution in [0.4, 0.5) is 4.39 Å². The standard InChI is InChI=1S/C22H17FOSSe/c23-22(21(24)20-12-7-16-25-20,14-13-18-8-3-1-4-9-18)15-17-26-19-10-5-2-6-11-19/h1-12,16H,15,17H2. The Morgan fingerprint density at radius 1 is 1.00 bits per heavy atom. The second-order valence-electron chi connectivity index (χ2n) is 5.64. The van der Waals surface area contributed by atoms with Gasteiger partial charge in [-0.3, -0.25) is 0 Å². The molecular weight excluding hydrogens is 410 g/mol. The number of Topliss-reactive ketones (excluding diaryl/α,β-unsaturated/α-hetero) is 1. The molecule has 4 heteroatoms. The van der Waals surface area contributed by atoms with E-state index in [1.165, 1.54) is 15.8 Å². The molecule has 0 saturated carbocycles. The summed E-state index contributed by atoms with van der Waals surface area (Å²) >= 11 is 1.37. The van der Waals surface area contributed by atoms with Crippen LogP contribution in [0.15, 0.2) is 78.2 Å². The number of carbonyl (C=O) groups is 1. The molecular formula is C22H17FOSSe. The molecule has 0 saturated heterocycles. The van der Waals surface area contributed by atoms with Crippen LogP contribution in [0, 0.1) is 11.8 Å². The van der Waals surface area contributed by atoms with Gasteiger partial charge in [0.1, 0.15) is 0 Å². The third-order valence-electron chi connectivity index (χ3n) is 3.74. The quantitative estimate of drug-likeness (QED) is 0.321. The van der Waals surface area contributed by atoms with Gasteiger partial charge in [0.05, 0.1) is 0 Å². The zero-order valence-electron chi connectivity index (χ0n) is 14.0. The molecule has 1 nitrogen and oxygen atoms in total. The molecule has 0 amide bonds. The van der Waals surface area contributed by atoms with Gasteiger partial charge >= 0.3 is 164 Å². The van der Waals surface area contributed by atoms with Crippen molar-refractivity contribution in [1.29, 1.82) is 0 Å². The van der Waals surface area contributed by atoms with E-state index in [0.717, 1.165) is 0 Å². The number of carbonyl (C=O) groups excluding carboxylic acids is 1. The summed E-state index contributed by atoms with van der Waals surface area (Å²) in [5, 5.41) is 2.40. The summed E-state index contributed by atoms with van der Waals surface area (Å²) in [6, 6.07) is 22.6. The van der Waals surface area contributed by atoms with Gasteiger partial charge in [0.2, 0.25) is 0 Å². The Kier molecular flexibility index (Phi) is 6.41. The monoisotopic (exact) mass is 428 g/mol. The molecule has 26 heavy (non-hydrogen) atoms. The first-order valence-corrected chi connectivity index (χ1v) is 11.2. The van der Waals surface area contributed by atoms with E-state index in [4.69, 9.17) is 0 Å². The molecule has 0 aliphatic carbocycles. The summed E-state index contributed by atoms with van der Waals surface area (Å²) in [6.45, 7) is 0. The summed E-state index contributed by atoms with van der Waals surface area (Å²) in [6.07, 6.45) is 0.110. The fraction of sp³-hybridized carbons (Fsp3) is 0.136. The van der Waals surface area contributed by atoms with Crippen molar-refractivity contribution in [3.63, 3.8) is 0 Å². The fourth-order valence-corrected chi connectivity index (χ4v) is 5.12. The van der Waals surface area contributed by atoms with Crippen LogP contribution in [0.5, 0.6) is 0 Å². The zero-order chi connectivity index (χ0) is 18.2. The number of rotatable bonds is 6.